The maximum absolute atomic E-state index is 13.9. The molecule has 0 saturated carbocycles. The van der Waals surface area contributed by atoms with Crippen LogP contribution in [0.25, 0.3) is 0 Å². The third-order valence-corrected chi connectivity index (χ3v) is 3.70. The van der Waals surface area contributed by atoms with Crippen molar-refractivity contribution in [2.75, 3.05) is 19.5 Å². The Balaban J connectivity index is 2.09. The summed E-state index contributed by atoms with van der Waals surface area (Å²) in [5.41, 5.74) is -0.422. The number of nitro benzene ring substituents is 1. The molecule has 2 aromatic rings. The quantitative estimate of drug-likeness (QED) is 0.437. The van der Waals surface area contributed by atoms with Crippen molar-refractivity contribution >= 4 is 23.3 Å². The van der Waals surface area contributed by atoms with Crippen molar-refractivity contribution in [1.29, 1.82) is 0 Å². The van der Waals surface area contributed by atoms with Gasteiger partial charge in [-0.05, 0) is 25.1 Å². The average molecular weight is 392 g/mol. The molecule has 10 heteroatoms. The molecule has 2 rings (SSSR count). The van der Waals surface area contributed by atoms with Crippen LogP contribution in [-0.4, -0.2) is 37.1 Å². The summed E-state index contributed by atoms with van der Waals surface area (Å²) in [5.74, 6) is -2.32. The second-order valence-corrected chi connectivity index (χ2v) is 5.52. The fourth-order valence-electron chi connectivity index (χ4n) is 2.20. The molecule has 0 saturated heterocycles. The Morgan fingerprint density at radius 3 is 2.43 bits per heavy atom. The summed E-state index contributed by atoms with van der Waals surface area (Å²) >= 11 is 0. The molecule has 0 aliphatic rings. The number of hydrogen-bond donors (Lipinski definition) is 1. The Labute approximate surface area is 159 Å². The van der Waals surface area contributed by atoms with Crippen LogP contribution in [0.2, 0.25) is 0 Å². The van der Waals surface area contributed by atoms with E-state index in [1.54, 1.807) is 0 Å². The van der Waals surface area contributed by atoms with E-state index in [2.05, 4.69) is 5.32 Å². The van der Waals surface area contributed by atoms with Crippen molar-refractivity contribution in [3.8, 4) is 11.5 Å². The molecular formula is C18H17FN2O7. The highest BCUT2D eigenvalue weighted by molar-refractivity contribution is 5.98. The van der Waals surface area contributed by atoms with Gasteiger partial charge in [0.2, 0.25) is 0 Å². The lowest BCUT2D eigenvalue weighted by Gasteiger charge is -2.15. The third-order valence-electron chi connectivity index (χ3n) is 3.70. The molecule has 9 nitrogen and oxygen atoms in total. The van der Waals surface area contributed by atoms with E-state index in [0.717, 1.165) is 12.1 Å². The van der Waals surface area contributed by atoms with Gasteiger partial charge in [-0.3, -0.25) is 14.9 Å². The zero-order valence-corrected chi connectivity index (χ0v) is 15.2. The summed E-state index contributed by atoms with van der Waals surface area (Å²) in [6, 6.07) is 7.18. The van der Waals surface area contributed by atoms with Gasteiger partial charge in [0.25, 0.3) is 11.6 Å². The van der Waals surface area contributed by atoms with Crippen LogP contribution in [0, 0.1) is 15.9 Å². The van der Waals surface area contributed by atoms with E-state index in [1.165, 1.54) is 45.4 Å². The molecule has 0 aliphatic carbocycles. The fraction of sp³-hybridized carbons (Fsp3) is 0.222. The summed E-state index contributed by atoms with van der Waals surface area (Å²) in [7, 11) is 2.64. The fourth-order valence-corrected chi connectivity index (χ4v) is 2.20. The molecule has 2 aromatic carbocycles. The topological polar surface area (TPSA) is 117 Å². The first-order valence-corrected chi connectivity index (χ1v) is 7.94. The number of nitrogens with zero attached hydrogens (tertiary/aromatic N) is 1. The van der Waals surface area contributed by atoms with Gasteiger partial charge in [0, 0.05) is 12.1 Å². The van der Waals surface area contributed by atoms with Crippen molar-refractivity contribution in [3.05, 3.63) is 57.9 Å². The first-order valence-electron chi connectivity index (χ1n) is 7.94. The Kier molecular flexibility index (Phi) is 6.48. The maximum Gasteiger partial charge on any atom is 0.341 e. The molecule has 0 radical (unpaired) electrons. The molecule has 148 valence electrons. The van der Waals surface area contributed by atoms with Crippen LogP contribution in [0.15, 0.2) is 36.4 Å². The van der Waals surface area contributed by atoms with E-state index in [-0.39, 0.29) is 28.4 Å². The maximum atomic E-state index is 13.9. The number of methoxy groups -OCH3 is 2. The summed E-state index contributed by atoms with van der Waals surface area (Å²) in [4.78, 5) is 34.5. The van der Waals surface area contributed by atoms with Crippen molar-refractivity contribution < 1.29 is 33.1 Å². The Bertz CT molecular complexity index is 917. The molecular weight excluding hydrogens is 375 g/mol. The standard InChI is InChI=1S/C18H17FN2O7/c1-10(28-18(23)13-6-5-12(26-2)9-14(13)19)17(22)20-15-7-4-11(21(24)25)8-16(15)27-3/h4-10H,1-3H3,(H,20,22)/t10-/m1/s1. The second kappa shape index (κ2) is 8.80. The van der Waals surface area contributed by atoms with Gasteiger partial charge < -0.3 is 19.5 Å². The van der Waals surface area contributed by atoms with E-state index in [0.29, 0.717) is 0 Å². The summed E-state index contributed by atoms with van der Waals surface area (Å²) in [6.45, 7) is 1.30. The number of esters is 1. The number of ether oxygens (including phenoxy) is 3. The number of nitrogens with one attached hydrogen (secondary N) is 1. The first kappa shape index (κ1) is 20.6. The first-order chi connectivity index (χ1) is 13.3. The molecule has 0 heterocycles. The largest absolute Gasteiger partial charge is 0.497 e. The number of carbonyl (C=O) groups excluding carboxylic acids is 2. The van der Waals surface area contributed by atoms with Crippen molar-refractivity contribution in [2.45, 2.75) is 13.0 Å². The Morgan fingerprint density at radius 2 is 1.86 bits per heavy atom. The number of nitro groups is 1. The summed E-state index contributed by atoms with van der Waals surface area (Å²) < 4.78 is 28.8. The van der Waals surface area contributed by atoms with Gasteiger partial charge in [-0.15, -0.1) is 0 Å². The summed E-state index contributed by atoms with van der Waals surface area (Å²) in [5, 5.41) is 13.2. The van der Waals surface area contributed by atoms with Crippen LogP contribution in [0.3, 0.4) is 0 Å². The minimum absolute atomic E-state index is 0.0577. The molecule has 0 aromatic heterocycles. The number of halogens is 1. The normalized spacial score (nSPS) is 11.3. The third kappa shape index (κ3) is 4.72. The van der Waals surface area contributed by atoms with Crippen molar-refractivity contribution in [1.82, 2.24) is 0 Å². The number of amides is 1. The van der Waals surface area contributed by atoms with Crippen LogP contribution in [0.1, 0.15) is 17.3 Å². The number of non-ortho nitro benzene ring substituents is 1. The van der Waals surface area contributed by atoms with E-state index in [1.807, 2.05) is 0 Å². The molecule has 0 bridgehead atoms. The van der Waals surface area contributed by atoms with Crippen LogP contribution >= 0.6 is 0 Å². The predicted molar refractivity (Wildman–Crippen MR) is 96.1 cm³/mol. The predicted octanol–water partition coefficient (Wildman–Crippen LogP) is 2.94. The highest BCUT2D eigenvalue weighted by atomic mass is 19.1. The highest BCUT2D eigenvalue weighted by Crippen LogP contribution is 2.29. The summed E-state index contributed by atoms with van der Waals surface area (Å²) in [6.07, 6.45) is -1.27. The molecule has 0 aliphatic heterocycles. The van der Waals surface area contributed by atoms with Gasteiger partial charge in [-0.2, -0.15) is 0 Å². The molecule has 1 N–H and O–H groups in total. The van der Waals surface area contributed by atoms with Gasteiger partial charge in [0.05, 0.1) is 36.5 Å². The molecule has 0 spiro atoms. The van der Waals surface area contributed by atoms with Crippen LogP contribution in [-0.2, 0) is 9.53 Å². The van der Waals surface area contributed by atoms with Gasteiger partial charge in [0.1, 0.15) is 17.3 Å². The van der Waals surface area contributed by atoms with Gasteiger partial charge in [0.15, 0.2) is 6.10 Å². The Morgan fingerprint density at radius 1 is 1.14 bits per heavy atom. The smallest absolute Gasteiger partial charge is 0.341 e. The average Bonchev–Trinajstić information content (AvgIpc) is 2.67. The van der Waals surface area contributed by atoms with Gasteiger partial charge in [-0.1, -0.05) is 0 Å². The monoisotopic (exact) mass is 392 g/mol. The van der Waals surface area contributed by atoms with Gasteiger partial charge in [-0.25, -0.2) is 9.18 Å². The van der Waals surface area contributed by atoms with E-state index < -0.39 is 28.7 Å². The number of carbonyl (C=O) groups is 2. The molecule has 1 atom stereocenters. The number of rotatable bonds is 7. The number of hydrogen-bond acceptors (Lipinski definition) is 7. The SMILES string of the molecule is COc1ccc(C(=O)O[C@H](C)C(=O)Nc2ccc([N+](=O)[O-])cc2OC)c(F)c1. The molecule has 1 amide bonds. The zero-order valence-electron chi connectivity index (χ0n) is 15.2. The van der Waals surface area contributed by atoms with E-state index in [4.69, 9.17) is 14.2 Å². The van der Waals surface area contributed by atoms with Crippen LogP contribution in [0.5, 0.6) is 11.5 Å². The number of benzene rings is 2. The van der Waals surface area contributed by atoms with Crippen LogP contribution in [0.4, 0.5) is 15.8 Å². The lowest BCUT2D eigenvalue weighted by atomic mass is 10.2. The molecule has 28 heavy (non-hydrogen) atoms. The van der Waals surface area contributed by atoms with E-state index in [9.17, 15) is 24.1 Å². The van der Waals surface area contributed by atoms with E-state index >= 15 is 0 Å². The highest BCUT2D eigenvalue weighted by Gasteiger charge is 2.23. The number of anilines is 1. The van der Waals surface area contributed by atoms with Gasteiger partial charge >= 0.3 is 5.97 Å². The lowest BCUT2D eigenvalue weighted by Crippen LogP contribution is -2.30. The Hall–Kier alpha value is -3.69. The lowest BCUT2D eigenvalue weighted by molar-refractivity contribution is -0.384. The minimum Gasteiger partial charge on any atom is -0.497 e. The minimum atomic E-state index is -1.27. The second-order valence-electron chi connectivity index (χ2n) is 5.52. The van der Waals surface area contributed by atoms with Crippen molar-refractivity contribution in [3.63, 3.8) is 0 Å². The zero-order chi connectivity index (χ0) is 20.8. The van der Waals surface area contributed by atoms with Crippen LogP contribution < -0.4 is 14.8 Å². The molecule has 0 fully saturated rings. The molecule has 0 unspecified atom stereocenters. The van der Waals surface area contributed by atoms with Crippen molar-refractivity contribution in [2.24, 2.45) is 0 Å².